The number of carbonyl (C=O) groups is 3. The lowest BCUT2D eigenvalue weighted by atomic mass is 10.0. The van der Waals surface area contributed by atoms with E-state index in [4.69, 9.17) is 0 Å². The highest BCUT2D eigenvalue weighted by Gasteiger charge is 2.21. The van der Waals surface area contributed by atoms with Gasteiger partial charge in [0.1, 0.15) is 0 Å². The number of esters is 1. The second kappa shape index (κ2) is 10.6. The van der Waals surface area contributed by atoms with Crippen LogP contribution in [0.5, 0.6) is 0 Å². The number of ketones is 1. The second-order valence-corrected chi connectivity index (χ2v) is 6.23. The van der Waals surface area contributed by atoms with Crippen molar-refractivity contribution < 1.29 is 19.1 Å². The number of amides is 1. The molecule has 1 rings (SSSR count). The van der Waals surface area contributed by atoms with Gasteiger partial charge in [0.25, 0.3) is 0 Å². The SMILES string of the molecule is CCCc1ccc(C(=O)CCC(=O)N(CC)CC(C)C(=O)OC)cc1. The summed E-state index contributed by atoms with van der Waals surface area (Å²) in [5, 5.41) is 0. The van der Waals surface area contributed by atoms with Crippen LogP contribution in [0.25, 0.3) is 0 Å². The van der Waals surface area contributed by atoms with Crippen LogP contribution in [-0.4, -0.2) is 42.8 Å². The summed E-state index contributed by atoms with van der Waals surface area (Å²) < 4.78 is 4.69. The third kappa shape index (κ3) is 6.69. The van der Waals surface area contributed by atoms with Crippen LogP contribution in [0.1, 0.15) is 56.0 Å². The first-order valence-corrected chi connectivity index (χ1v) is 8.90. The summed E-state index contributed by atoms with van der Waals surface area (Å²) in [6.07, 6.45) is 2.39. The number of benzene rings is 1. The van der Waals surface area contributed by atoms with E-state index in [0.29, 0.717) is 18.7 Å². The van der Waals surface area contributed by atoms with Gasteiger partial charge in [-0.15, -0.1) is 0 Å². The molecule has 0 aliphatic heterocycles. The molecule has 1 aromatic rings. The highest BCUT2D eigenvalue weighted by Crippen LogP contribution is 2.11. The Bertz CT molecular complexity index is 580. The highest BCUT2D eigenvalue weighted by atomic mass is 16.5. The number of methoxy groups -OCH3 is 1. The number of ether oxygens (including phenoxy) is 1. The monoisotopic (exact) mass is 347 g/mol. The van der Waals surface area contributed by atoms with E-state index in [-0.39, 0.29) is 36.4 Å². The first kappa shape index (κ1) is 20.9. The molecule has 0 aromatic heterocycles. The molecule has 0 N–H and O–H groups in total. The van der Waals surface area contributed by atoms with E-state index >= 15 is 0 Å². The molecule has 0 fully saturated rings. The van der Waals surface area contributed by atoms with E-state index in [2.05, 4.69) is 11.7 Å². The van der Waals surface area contributed by atoms with Gasteiger partial charge in [-0.2, -0.15) is 0 Å². The number of carbonyl (C=O) groups excluding carboxylic acids is 3. The molecule has 1 aromatic carbocycles. The molecule has 1 unspecified atom stereocenters. The Hall–Kier alpha value is -2.17. The van der Waals surface area contributed by atoms with Crippen LogP contribution in [0.3, 0.4) is 0 Å². The van der Waals surface area contributed by atoms with Gasteiger partial charge in [-0.05, 0) is 18.9 Å². The fraction of sp³-hybridized carbons (Fsp3) is 0.550. The fourth-order valence-electron chi connectivity index (χ4n) is 2.68. The minimum atomic E-state index is -0.379. The summed E-state index contributed by atoms with van der Waals surface area (Å²) >= 11 is 0. The third-order valence-electron chi connectivity index (χ3n) is 4.21. The van der Waals surface area contributed by atoms with Crippen LogP contribution in [-0.2, 0) is 20.7 Å². The summed E-state index contributed by atoms with van der Waals surface area (Å²) in [7, 11) is 1.33. The topological polar surface area (TPSA) is 63.7 Å². The van der Waals surface area contributed by atoms with E-state index in [0.717, 1.165) is 12.8 Å². The number of hydrogen-bond acceptors (Lipinski definition) is 4. The lowest BCUT2D eigenvalue weighted by molar-refractivity contribution is -0.146. The maximum atomic E-state index is 12.3. The zero-order valence-corrected chi connectivity index (χ0v) is 15.7. The van der Waals surface area contributed by atoms with Crippen LogP contribution >= 0.6 is 0 Å². The van der Waals surface area contributed by atoms with Crippen molar-refractivity contribution in [2.75, 3.05) is 20.2 Å². The molecular weight excluding hydrogens is 318 g/mol. The highest BCUT2D eigenvalue weighted by molar-refractivity contribution is 5.98. The molecule has 0 bridgehead atoms. The van der Waals surface area contributed by atoms with E-state index < -0.39 is 0 Å². The van der Waals surface area contributed by atoms with E-state index in [1.54, 1.807) is 11.8 Å². The van der Waals surface area contributed by atoms with Crippen LogP contribution in [0.2, 0.25) is 0 Å². The van der Waals surface area contributed by atoms with Gasteiger partial charge >= 0.3 is 5.97 Å². The van der Waals surface area contributed by atoms with Crippen molar-refractivity contribution in [1.82, 2.24) is 4.90 Å². The first-order chi connectivity index (χ1) is 11.9. The quantitative estimate of drug-likeness (QED) is 0.481. The minimum Gasteiger partial charge on any atom is -0.469 e. The lowest BCUT2D eigenvalue weighted by Gasteiger charge is -2.23. The summed E-state index contributed by atoms with van der Waals surface area (Å²) in [6.45, 7) is 6.51. The number of Topliss-reactive ketones (excluding diaryl/α,β-unsaturated/α-hetero) is 1. The smallest absolute Gasteiger partial charge is 0.310 e. The molecular formula is C20H29NO4. The maximum absolute atomic E-state index is 12.3. The largest absolute Gasteiger partial charge is 0.469 e. The average molecular weight is 347 g/mol. The second-order valence-electron chi connectivity index (χ2n) is 6.23. The van der Waals surface area contributed by atoms with Crippen molar-refractivity contribution in [1.29, 1.82) is 0 Å². The van der Waals surface area contributed by atoms with Crippen molar-refractivity contribution in [2.24, 2.45) is 5.92 Å². The zero-order valence-electron chi connectivity index (χ0n) is 15.7. The summed E-state index contributed by atoms with van der Waals surface area (Å²) in [4.78, 5) is 37.7. The van der Waals surface area contributed by atoms with Crippen LogP contribution in [0, 0.1) is 5.92 Å². The molecule has 0 heterocycles. The van der Waals surface area contributed by atoms with Gasteiger partial charge in [-0.1, -0.05) is 44.5 Å². The van der Waals surface area contributed by atoms with Crippen molar-refractivity contribution in [3.63, 3.8) is 0 Å². The molecule has 138 valence electrons. The van der Waals surface area contributed by atoms with Crippen LogP contribution in [0.15, 0.2) is 24.3 Å². The van der Waals surface area contributed by atoms with Gasteiger partial charge in [0.05, 0.1) is 13.0 Å². The number of aryl methyl sites for hydroxylation is 1. The molecule has 0 aliphatic carbocycles. The Morgan fingerprint density at radius 2 is 1.72 bits per heavy atom. The van der Waals surface area contributed by atoms with Gasteiger partial charge in [0.2, 0.25) is 5.91 Å². The Labute approximate surface area is 150 Å². The number of hydrogen-bond donors (Lipinski definition) is 0. The van der Waals surface area contributed by atoms with Crippen LogP contribution in [0.4, 0.5) is 0 Å². The van der Waals surface area contributed by atoms with E-state index in [9.17, 15) is 14.4 Å². The standard InChI is InChI=1S/C20H29NO4/c1-5-7-16-8-10-17(11-9-16)18(22)12-13-19(23)21(6-2)14-15(3)20(24)25-4/h8-11,15H,5-7,12-14H2,1-4H3. The predicted molar refractivity (Wildman–Crippen MR) is 97.4 cm³/mol. The van der Waals surface area contributed by atoms with E-state index in [1.807, 2.05) is 31.2 Å². The molecule has 1 amide bonds. The molecule has 0 saturated carbocycles. The Balaban J connectivity index is 2.55. The summed E-state index contributed by atoms with van der Waals surface area (Å²) in [5.74, 6) is -0.868. The minimum absolute atomic E-state index is 0.0338. The molecule has 5 heteroatoms. The third-order valence-corrected chi connectivity index (χ3v) is 4.21. The van der Waals surface area contributed by atoms with Gasteiger partial charge in [0.15, 0.2) is 5.78 Å². The van der Waals surface area contributed by atoms with Gasteiger partial charge in [-0.3, -0.25) is 14.4 Å². The van der Waals surface area contributed by atoms with Crippen molar-refractivity contribution >= 4 is 17.7 Å². The van der Waals surface area contributed by atoms with Crippen molar-refractivity contribution in [3.8, 4) is 0 Å². The van der Waals surface area contributed by atoms with Crippen molar-refractivity contribution in [2.45, 2.75) is 46.5 Å². The zero-order chi connectivity index (χ0) is 18.8. The molecule has 0 aliphatic rings. The molecule has 0 saturated heterocycles. The van der Waals surface area contributed by atoms with Gasteiger partial charge < -0.3 is 9.64 Å². The van der Waals surface area contributed by atoms with Gasteiger partial charge in [0, 0.05) is 31.5 Å². The summed E-state index contributed by atoms with van der Waals surface area (Å²) in [5.41, 5.74) is 1.85. The Morgan fingerprint density at radius 3 is 2.24 bits per heavy atom. The van der Waals surface area contributed by atoms with E-state index in [1.165, 1.54) is 12.7 Å². The number of rotatable bonds is 10. The van der Waals surface area contributed by atoms with Crippen molar-refractivity contribution in [3.05, 3.63) is 35.4 Å². The van der Waals surface area contributed by atoms with Gasteiger partial charge in [-0.25, -0.2) is 0 Å². The lowest BCUT2D eigenvalue weighted by Crippen LogP contribution is -2.37. The molecule has 0 radical (unpaired) electrons. The predicted octanol–water partition coefficient (Wildman–Crippen LogP) is 3.26. The fourth-order valence-corrected chi connectivity index (χ4v) is 2.68. The average Bonchev–Trinajstić information content (AvgIpc) is 2.63. The Morgan fingerprint density at radius 1 is 1.08 bits per heavy atom. The Kier molecular flexibility index (Phi) is 8.89. The first-order valence-electron chi connectivity index (χ1n) is 8.90. The van der Waals surface area contributed by atoms with Crippen LogP contribution < -0.4 is 0 Å². The molecule has 25 heavy (non-hydrogen) atoms. The summed E-state index contributed by atoms with van der Waals surface area (Å²) in [6, 6.07) is 7.59. The normalized spacial score (nSPS) is 11.7. The molecule has 5 nitrogen and oxygen atoms in total. The molecule has 1 atom stereocenters. The number of nitrogens with zero attached hydrogens (tertiary/aromatic N) is 1. The maximum Gasteiger partial charge on any atom is 0.310 e. The molecule has 0 spiro atoms.